The number of allylic oxidation sites excluding steroid dienone is 9. The summed E-state index contributed by atoms with van der Waals surface area (Å²) in [7, 11) is 1.30. The Morgan fingerprint density at radius 3 is 2.31 bits per heavy atom. The first-order valence-corrected chi connectivity index (χ1v) is 13.0. The SMILES string of the molecule is C/C=C(/Cl)CC(O)C/C=C\NC(=O)C(NC(=O)\C=C/C=C\C(C)=C\C(C)/C=C/C=C(/OC)C(=O)O)C(C)(C)C. The molecular formula is C30H43ClN2O6. The summed E-state index contributed by atoms with van der Waals surface area (Å²) >= 11 is 5.91. The summed E-state index contributed by atoms with van der Waals surface area (Å²) in [6.07, 6.45) is 18.1. The van der Waals surface area contributed by atoms with Gasteiger partial charge >= 0.3 is 5.97 Å². The van der Waals surface area contributed by atoms with Crippen LogP contribution < -0.4 is 10.6 Å². The lowest BCUT2D eigenvalue weighted by Crippen LogP contribution is -2.52. The summed E-state index contributed by atoms with van der Waals surface area (Å²) in [5, 5.41) is 24.8. The second kappa shape index (κ2) is 18.8. The summed E-state index contributed by atoms with van der Waals surface area (Å²) in [5.74, 6) is -2.02. The number of rotatable bonds is 15. The van der Waals surface area contributed by atoms with Crippen molar-refractivity contribution < 1.29 is 29.3 Å². The summed E-state index contributed by atoms with van der Waals surface area (Å²) in [6.45, 7) is 11.2. The number of halogens is 1. The first kappa shape index (κ1) is 35.6. The van der Waals surface area contributed by atoms with Crippen molar-refractivity contribution in [1.82, 2.24) is 10.6 Å². The molecule has 2 amide bonds. The molecule has 216 valence electrons. The molecule has 4 N–H and O–H groups in total. The van der Waals surface area contributed by atoms with Crippen molar-refractivity contribution in [2.45, 2.75) is 66.5 Å². The number of amides is 2. The molecule has 0 fully saturated rings. The van der Waals surface area contributed by atoms with Gasteiger partial charge in [-0.2, -0.15) is 0 Å². The Labute approximate surface area is 237 Å². The minimum absolute atomic E-state index is 0.0411. The fourth-order valence-corrected chi connectivity index (χ4v) is 3.34. The van der Waals surface area contributed by atoms with Crippen molar-refractivity contribution in [3.05, 3.63) is 83.3 Å². The highest BCUT2D eigenvalue weighted by Gasteiger charge is 2.31. The summed E-state index contributed by atoms with van der Waals surface area (Å²) in [6, 6.07) is -0.784. The van der Waals surface area contributed by atoms with E-state index in [1.54, 1.807) is 37.3 Å². The largest absolute Gasteiger partial charge is 0.490 e. The highest BCUT2D eigenvalue weighted by atomic mass is 35.5. The zero-order valence-corrected chi connectivity index (χ0v) is 24.7. The van der Waals surface area contributed by atoms with Gasteiger partial charge in [0.15, 0.2) is 0 Å². The number of carbonyl (C=O) groups excluding carboxylic acids is 2. The molecule has 0 saturated carbocycles. The van der Waals surface area contributed by atoms with E-state index in [2.05, 4.69) is 10.6 Å². The Morgan fingerprint density at radius 1 is 1.10 bits per heavy atom. The van der Waals surface area contributed by atoms with Crippen LogP contribution in [0.1, 0.15) is 54.4 Å². The van der Waals surface area contributed by atoms with Crippen molar-refractivity contribution in [3.8, 4) is 0 Å². The number of hydrogen-bond acceptors (Lipinski definition) is 5. The van der Waals surface area contributed by atoms with Crippen LogP contribution >= 0.6 is 11.6 Å². The molecule has 8 nitrogen and oxygen atoms in total. The maximum atomic E-state index is 12.7. The lowest BCUT2D eigenvalue weighted by Gasteiger charge is -2.29. The average Bonchev–Trinajstić information content (AvgIpc) is 2.84. The van der Waals surface area contributed by atoms with Gasteiger partial charge in [0, 0.05) is 17.5 Å². The lowest BCUT2D eigenvalue weighted by molar-refractivity contribution is -0.136. The van der Waals surface area contributed by atoms with Crippen molar-refractivity contribution in [3.63, 3.8) is 0 Å². The van der Waals surface area contributed by atoms with Gasteiger partial charge in [0.25, 0.3) is 0 Å². The molecule has 0 radical (unpaired) electrons. The molecule has 9 heteroatoms. The molecule has 0 aliphatic carbocycles. The molecule has 0 aliphatic heterocycles. The lowest BCUT2D eigenvalue weighted by atomic mass is 9.86. The summed E-state index contributed by atoms with van der Waals surface area (Å²) in [5.41, 5.74) is 0.409. The van der Waals surface area contributed by atoms with Gasteiger partial charge in [-0.15, -0.1) is 0 Å². The fraction of sp³-hybridized carbons (Fsp3) is 0.433. The molecule has 3 unspecified atom stereocenters. The minimum atomic E-state index is -1.13. The Morgan fingerprint density at radius 2 is 1.74 bits per heavy atom. The monoisotopic (exact) mass is 562 g/mol. The second-order valence-corrected chi connectivity index (χ2v) is 10.4. The van der Waals surface area contributed by atoms with Crippen LogP contribution in [0.25, 0.3) is 0 Å². The van der Waals surface area contributed by atoms with Gasteiger partial charge in [0.2, 0.25) is 17.6 Å². The van der Waals surface area contributed by atoms with E-state index in [4.69, 9.17) is 21.4 Å². The fourth-order valence-electron chi connectivity index (χ4n) is 3.16. The molecule has 0 saturated heterocycles. The van der Waals surface area contributed by atoms with E-state index in [1.165, 1.54) is 25.5 Å². The van der Waals surface area contributed by atoms with Crippen molar-refractivity contribution >= 4 is 29.4 Å². The van der Waals surface area contributed by atoms with Gasteiger partial charge in [-0.3, -0.25) is 9.59 Å². The number of nitrogens with one attached hydrogen (secondary N) is 2. The Hall–Kier alpha value is -3.36. The molecule has 0 bridgehead atoms. The van der Waals surface area contributed by atoms with Gasteiger partial charge in [0.1, 0.15) is 6.04 Å². The Bertz CT molecular complexity index is 1030. The van der Waals surface area contributed by atoms with Crippen LogP contribution in [0.15, 0.2) is 83.3 Å². The summed E-state index contributed by atoms with van der Waals surface area (Å²) in [4.78, 5) is 36.1. The molecule has 0 aromatic carbocycles. The van der Waals surface area contributed by atoms with Crippen LogP contribution in [0.5, 0.6) is 0 Å². The van der Waals surface area contributed by atoms with Gasteiger partial charge in [-0.05, 0) is 43.9 Å². The van der Waals surface area contributed by atoms with E-state index in [9.17, 15) is 19.5 Å². The Balaban J connectivity index is 4.98. The molecule has 0 aliphatic rings. The van der Waals surface area contributed by atoms with Crippen LogP contribution in [0.2, 0.25) is 0 Å². The smallest absolute Gasteiger partial charge is 0.371 e. The molecule has 39 heavy (non-hydrogen) atoms. The Kier molecular flexibility index (Phi) is 17.2. The van der Waals surface area contributed by atoms with Crippen LogP contribution in [0, 0.1) is 11.3 Å². The molecular weight excluding hydrogens is 520 g/mol. The molecule has 0 aromatic rings. The predicted octanol–water partition coefficient (Wildman–Crippen LogP) is 5.30. The van der Waals surface area contributed by atoms with E-state index in [-0.39, 0.29) is 17.6 Å². The maximum absolute atomic E-state index is 12.7. The van der Waals surface area contributed by atoms with E-state index in [1.807, 2.05) is 52.8 Å². The zero-order valence-electron chi connectivity index (χ0n) is 23.9. The third-order valence-electron chi connectivity index (χ3n) is 5.25. The van der Waals surface area contributed by atoms with Gasteiger partial charge < -0.3 is 25.6 Å². The molecule has 0 rings (SSSR count). The maximum Gasteiger partial charge on any atom is 0.371 e. The normalized spacial score (nSPS) is 16.2. The summed E-state index contributed by atoms with van der Waals surface area (Å²) < 4.78 is 4.76. The molecule has 0 spiro atoms. The van der Waals surface area contributed by atoms with Crippen LogP contribution in [-0.4, -0.2) is 47.3 Å². The standard InChI is InChI=1S/C30H43ClN2O6/c1-8-23(31)20-24(34)15-12-18-32-28(36)27(30(4,5)6)33-26(35)17-10-9-13-21(2)19-22(3)14-11-16-25(39-7)29(37)38/h8-14,16-19,22,24,27,34H,15,20H2,1-7H3,(H,32,36)(H,33,35)(H,37,38)/b13-9-,14-11+,17-10-,18-12-,21-19+,23-8+,25-16+. The number of carboxylic acids is 1. The average molecular weight is 563 g/mol. The van der Waals surface area contributed by atoms with Gasteiger partial charge in [0.05, 0.1) is 13.2 Å². The second-order valence-electron chi connectivity index (χ2n) is 9.96. The van der Waals surface area contributed by atoms with Crippen LogP contribution in [-0.2, 0) is 19.1 Å². The topological polar surface area (TPSA) is 125 Å². The number of carboxylic acid groups (broad SMARTS) is 1. The van der Waals surface area contributed by atoms with Crippen molar-refractivity contribution in [1.29, 1.82) is 0 Å². The number of carbonyl (C=O) groups is 3. The first-order valence-electron chi connectivity index (χ1n) is 12.6. The van der Waals surface area contributed by atoms with E-state index < -0.39 is 29.4 Å². The van der Waals surface area contributed by atoms with Crippen molar-refractivity contribution in [2.75, 3.05) is 7.11 Å². The molecule has 3 atom stereocenters. The first-order chi connectivity index (χ1) is 18.2. The van der Waals surface area contributed by atoms with Gasteiger partial charge in [-0.1, -0.05) is 93.5 Å². The minimum Gasteiger partial charge on any atom is -0.490 e. The zero-order chi connectivity index (χ0) is 30.0. The van der Waals surface area contributed by atoms with E-state index in [0.717, 1.165) is 5.57 Å². The van der Waals surface area contributed by atoms with Crippen LogP contribution in [0.3, 0.4) is 0 Å². The number of ether oxygens (including phenoxy) is 1. The van der Waals surface area contributed by atoms with E-state index in [0.29, 0.717) is 17.9 Å². The number of aliphatic hydroxyl groups is 1. The number of aliphatic carboxylic acids is 1. The number of hydrogen-bond donors (Lipinski definition) is 4. The van der Waals surface area contributed by atoms with E-state index >= 15 is 0 Å². The van der Waals surface area contributed by atoms with Gasteiger partial charge in [-0.25, -0.2) is 4.79 Å². The highest BCUT2D eigenvalue weighted by Crippen LogP contribution is 2.19. The highest BCUT2D eigenvalue weighted by molar-refractivity contribution is 6.29. The number of methoxy groups -OCH3 is 1. The van der Waals surface area contributed by atoms with Crippen molar-refractivity contribution in [2.24, 2.45) is 11.3 Å². The number of aliphatic hydroxyl groups excluding tert-OH is 1. The predicted molar refractivity (Wildman–Crippen MR) is 157 cm³/mol. The molecule has 0 heterocycles. The quantitative estimate of drug-likeness (QED) is 0.122. The van der Waals surface area contributed by atoms with Crippen LogP contribution in [0.4, 0.5) is 0 Å². The molecule has 0 aromatic heterocycles. The third kappa shape index (κ3) is 17.0. The third-order valence-corrected chi connectivity index (χ3v) is 5.62.